The van der Waals surface area contributed by atoms with E-state index >= 15 is 0 Å². The van der Waals surface area contributed by atoms with Crippen LogP contribution in [0.2, 0.25) is 0 Å². The van der Waals surface area contributed by atoms with E-state index in [9.17, 15) is 9.18 Å². The Balaban J connectivity index is 1.92. The minimum atomic E-state index is -0.339. The summed E-state index contributed by atoms with van der Waals surface area (Å²) < 4.78 is 18.8. The van der Waals surface area contributed by atoms with Crippen LogP contribution in [0.4, 0.5) is 4.39 Å². The van der Waals surface area contributed by atoms with Crippen molar-refractivity contribution in [3.05, 3.63) is 28.5 Å². The number of amides is 1. The quantitative estimate of drug-likeness (QED) is 0.836. The van der Waals surface area contributed by atoms with Crippen LogP contribution in [-0.2, 0) is 4.79 Å². The topological polar surface area (TPSA) is 29.5 Å². The molecule has 2 rings (SSSR count). The highest BCUT2D eigenvalue weighted by molar-refractivity contribution is 9.10. The van der Waals surface area contributed by atoms with Gasteiger partial charge in [-0.2, -0.15) is 0 Å². The SMILES string of the molecule is CCN(C(=O)COc1ccc(F)cc1Br)C1CC1. The molecule has 1 aliphatic carbocycles. The minimum absolute atomic E-state index is 0.00538. The monoisotopic (exact) mass is 315 g/mol. The number of likely N-dealkylation sites (N-methyl/N-ethyl adjacent to an activating group) is 1. The number of ether oxygens (including phenoxy) is 1. The largest absolute Gasteiger partial charge is 0.483 e. The van der Waals surface area contributed by atoms with Gasteiger partial charge in [0.15, 0.2) is 6.61 Å². The van der Waals surface area contributed by atoms with Crippen LogP contribution in [0.3, 0.4) is 0 Å². The summed E-state index contributed by atoms with van der Waals surface area (Å²) in [5, 5.41) is 0. The van der Waals surface area contributed by atoms with Crippen LogP contribution in [0.1, 0.15) is 19.8 Å². The Hall–Kier alpha value is -1.10. The predicted octanol–water partition coefficient (Wildman–Crippen LogP) is 2.98. The molecular formula is C13H15BrFNO2. The molecule has 0 saturated heterocycles. The number of hydrogen-bond acceptors (Lipinski definition) is 2. The maximum atomic E-state index is 12.9. The molecule has 1 aromatic rings. The third kappa shape index (κ3) is 3.22. The molecule has 1 fully saturated rings. The maximum Gasteiger partial charge on any atom is 0.260 e. The molecule has 1 amide bonds. The Morgan fingerprint density at radius 2 is 2.28 bits per heavy atom. The summed E-state index contributed by atoms with van der Waals surface area (Å²) in [5.41, 5.74) is 0. The number of carbonyl (C=O) groups excluding carboxylic acids is 1. The molecule has 98 valence electrons. The summed E-state index contributed by atoms with van der Waals surface area (Å²) in [5.74, 6) is 0.126. The second-order valence-corrected chi connectivity index (χ2v) is 5.13. The van der Waals surface area contributed by atoms with E-state index in [0.717, 1.165) is 12.8 Å². The molecule has 1 aromatic carbocycles. The number of carbonyl (C=O) groups is 1. The molecule has 1 saturated carbocycles. The summed E-state index contributed by atoms with van der Waals surface area (Å²) in [6.07, 6.45) is 2.17. The van der Waals surface area contributed by atoms with Crippen LogP contribution >= 0.6 is 15.9 Å². The van der Waals surface area contributed by atoms with Crippen molar-refractivity contribution in [1.29, 1.82) is 0 Å². The maximum absolute atomic E-state index is 12.9. The van der Waals surface area contributed by atoms with E-state index < -0.39 is 0 Å². The fourth-order valence-electron chi connectivity index (χ4n) is 1.84. The lowest BCUT2D eigenvalue weighted by molar-refractivity contribution is -0.133. The first-order chi connectivity index (χ1) is 8.61. The van der Waals surface area contributed by atoms with Crippen LogP contribution < -0.4 is 4.74 Å². The lowest BCUT2D eigenvalue weighted by atomic mass is 10.3. The molecule has 0 heterocycles. The predicted molar refractivity (Wildman–Crippen MR) is 70.0 cm³/mol. The van der Waals surface area contributed by atoms with Crippen LogP contribution in [0.25, 0.3) is 0 Å². The van der Waals surface area contributed by atoms with E-state index in [-0.39, 0.29) is 18.3 Å². The van der Waals surface area contributed by atoms with Gasteiger partial charge in [-0.25, -0.2) is 4.39 Å². The second kappa shape index (κ2) is 5.69. The molecule has 0 unspecified atom stereocenters. The van der Waals surface area contributed by atoms with E-state index in [1.54, 1.807) is 0 Å². The normalized spacial score (nSPS) is 14.4. The highest BCUT2D eigenvalue weighted by atomic mass is 79.9. The van der Waals surface area contributed by atoms with Gasteiger partial charge in [-0.1, -0.05) is 0 Å². The molecule has 0 radical (unpaired) electrons. The Kier molecular flexibility index (Phi) is 4.22. The average Bonchev–Trinajstić information content (AvgIpc) is 3.13. The first kappa shape index (κ1) is 13.3. The summed E-state index contributed by atoms with van der Waals surface area (Å²) in [4.78, 5) is 13.7. The van der Waals surface area contributed by atoms with Gasteiger partial charge >= 0.3 is 0 Å². The molecule has 5 heteroatoms. The summed E-state index contributed by atoms with van der Waals surface area (Å²) >= 11 is 3.20. The van der Waals surface area contributed by atoms with E-state index in [2.05, 4.69) is 15.9 Å². The Morgan fingerprint density at radius 1 is 1.56 bits per heavy atom. The van der Waals surface area contributed by atoms with Crippen molar-refractivity contribution >= 4 is 21.8 Å². The van der Waals surface area contributed by atoms with E-state index in [1.165, 1.54) is 18.2 Å². The lowest BCUT2D eigenvalue weighted by Gasteiger charge is -2.20. The molecule has 18 heavy (non-hydrogen) atoms. The zero-order valence-corrected chi connectivity index (χ0v) is 11.7. The molecular weight excluding hydrogens is 301 g/mol. The Morgan fingerprint density at radius 3 is 2.83 bits per heavy atom. The molecule has 0 atom stereocenters. The average molecular weight is 316 g/mol. The number of benzene rings is 1. The van der Waals surface area contributed by atoms with Gasteiger partial charge in [-0.3, -0.25) is 4.79 Å². The van der Waals surface area contributed by atoms with Crippen molar-refractivity contribution in [3.8, 4) is 5.75 Å². The van der Waals surface area contributed by atoms with Crippen molar-refractivity contribution in [2.24, 2.45) is 0 Å². The van der Waals surface area contributed by atoms with E-state index in [0.29, 0.717) is 22.8 Å². The van der Waals surface area contributed by atoms with Crippen molar-refractivity contribution in [1.82, 2.24) is 4.90 Å². The van der Waals surface area contributed by atoms with Crippen molar-refractivity contribution < 1.29 is 13.9 Å². The Bertz CT molecular complexity index is 449. The smallest absolute Gasteiger partial charge is 0.260 e. The molecule has 3 nitrogen and oxygen atoms in total. The zero-order valence-electron chi connectivity index (χ0n) is 10.2. The third-order valence-electron chi connectivity index (χ3n) is 2.89. The minimum Gasteiger partial charge on any atom is -0.483 e. The van der Waals surface area contributed by atoms with Gasteiger partial charge < -0.3 is 9.64 Å². The van der Waals surface area contributed by atoms with E-state index in [1.807, 2.05) is 11.8 Å². The fraction of sp³-hybridized carbons (Fsp3) is 0.462. The first-order valence-corrected chi connectivity index (χ1v) is 6.78. The van der Waals surface area contributed by atoms with Gasteiger partial charge in [-0.05, 0) is 53.9 Å². The van der Waals surface area contributed by atoms with Gasteiger partial charge in [0.05, 0.1) is 4.47 Å². The van der Waals surface area contributed by atoms with Crippen LogP contribution in [-0.4, -0.2) is 30.0 Å². The van der Waals surface area contributed by atoms with Gasteiger partial charge in [0.25, 0.3) is 5.91 Å². The van der Waals surface area contributed by atoms with Gasteiger partial charge in [0.2, 0.25) is 0 Å². The Labute approximate surface area is 114 Å². The molecule has 0 aliphatic heterocycles. The molecule has 0 spiro atoms. The molecule has 0 N–H and O–H groups in total. The van der Waals surface area contributed by atoms with Gasteiger partial charge in [-0.15, -0.1) is 0 Å². The number of nitrogens with zero attached hydrogens (tertiary/aromatic N) is 1. The third-order valence-corrected chi connectivity index (χ3v) is 3.51. The number of rotatable bonds is 5. The number of halogens is 2. The molecule has 0 aromatic heterocycles. The van der Waals surface area contributed by atoms with Crippen molar-refractivity contribution in [3.63, 3.8) is 0 Å². The molecule has 1 aliphatic rings. The van der Waals surface area contributed by atoms with Crippen molar-refractivity contribution in [2.45, 2.75) is 25.8 Å². The second-order valence-electron chi connectivity index (χ2n) is 4.27. The standard InChI is InChI=1S/C13H15BrFNO2/c1-2-16(10-4-5-10)13(17)8-18-12-6-3-9(15)7-11(12)14/h3,6-7,10H,2,4-5,8H2,1H3. The molecule has 0 bridgehead atoms. The van der Waals surface area contributed by atoms with Crippen LogP contribution in [0.15, 0.2) is 22.7 Å². The summed E-state index contributed by atoms with van der Waals surface area (Å²) in [6.45, 7) is 2.66. The van der Waals surface area contributed by atoms with Gasteiger partial charge in [0, 0.05) is 12.6 Å². The fourth-order valence-corrected chi connectivity index (χ4v) is 2.30. The highest BCUT2D eigenvalue weighted by Gasteiger charge is 2.31. The summed E-state index contributed by atoms with van der Waals surface area (Å²) in [6, 6.07) is 4.53. The highest BCUT2D eigenvalue weighted by Crippen LogP contribution is 2.28. The first-order valence-electron chi connectivity index (χ1n) is 5.99. The van der Waals surface area contributed by atoms with Crippen molar-refractivity contribution in [2.75, 3.05) is 13.2 Å². The van der Waals surface area contributed by atoms with Crippen LogP contribution in [0, 0.1) is 5.82 Å². The summed E-state index contributed by atoms with van der Waals surface area (Å²) in [7, 11) is 0. The lowest BCUT2D eigenvalue weighted by Crippen LogP contribution is -2.36. The number of hydrogen-bond donors (Lipinski definition) is 0. The zero-order chi connectivity index (χ0) is 13.1. The van der Waals surface area contributed by atoms with Crippen LogP contribution in [0.5, 0.6) is 5.75 Å². The van der Waals surface area contributed by atoms with E-state index in [4.69, 9.17) is 4.74 Å². The van der Waals surface area contributed by atoms with Gasteiger partial charge in [0.1, 0.15) is 11.6 Å².